The van der Waals surface area contributed by atoms with E-state index in [1.165, 1.54) is 0 Å². The Morgan fingerprint density at radius 1 is 1.80 bits per heavy atom. The quantitative estimate of drug-likeness (QED) is 0.545. The van der Waals surface area contributed by atoms with Gasteiger partial charge >= 0.3 is 6.03 Å². The van der Waals surface area contributed by atoms with Crippen molar-refractivity contribution in [3.63, 3.8) is 0 Å². The van der Waals surface area contributed by atoms with E-state index in [1.807, 2.05) is 7.05 Å². The maximum Gasteiger partial charge on any atom is 0.336 e. The van der Waals surface area contributed by atoms with Gasteiger partial charge in [-0.2, -0.15) is 0 Å². The molecule has 2 N–H and O–H groups in total. The molecule has 0 aromatic heterocycles. The lowest BCUT2D eigenvalue weighted by Gasteiger charge is -2.11. The number of nitrogens with zero attached hydrogens (tertiary/aromatic N) is 1. The van der Waals surface area contributed by atoms with Crippen molar-refractivity contribution in [2.75, 3.05) is 20.1 Å². The summed E-state index contributed by atoms with van der Waals surface area (Å²) in [7, 11) is 1.88. The van der Waals surface area contributed by atoms with Gasteiger partial charge in [-0.3, -0.25) is 0 Å². The highest BCUT2D eigenvalue weighted by Gasteiger charge is 2.23. The number of carbonyl (C=O) groups is 1. The first-order valence-corrected chi connectivity index (χ1v) is 3.42. The average Bonchev–Trinajstić information content (AvgIpc) is 2.34. The number of amides is 2. The first kappa shape index (κ1) is 7.34. The Kier molecular flexibility index (Phi) is 2.11. The zero-order chi connectivity index (χ0) is 7.56. The average molecular weight is 142 g/mol. The van der Waals surface area contributed by atoms with E-state index < -0.39 is 6.03 Å². The molecule has 1 rings (SSSR count). The maximum atomic E-state index is 10.5. The second-order valence-electron chi connectivity index (χ2n) is 2.53. The van der Waals surface area contributed by atoms with Gasteiger partial charge in [-0.1, -0.05) is 0 Å². The van der Waals surface area contributed by atoms with E-state index in [0.29, 0.717) is 12.6 Å². The summed E-state index contributed by atoms with van der Waals surface area (Å²) in [5, 5.41) is 3.07. The third kappa shape index (κ3) is 1.39. The van der Waals surface area contributed by atoms with Gasteiger partial charge in [0.1, 0.15) is 0 Å². The van der Waals surface area contributed by atoms with Crippen LogP contribution in [0.3, 0.4) is 0 Å². The fraction of sp³-hybridized carbons (Fsp3) is 0.833. The van der Waals surface area contributed by atoms with E-state index in [2.05, 4.69) is 5.32 Å². The summed E-state index contributed by atoms with van der Waals surface area (Å²) in [4.78, 5) is 12.0. The SMILES string of the molecule is CNC1CCN(C([NH])=O)C1. The molecule has 10 heavy (non-hydrogen) atoms. The molecule has 0 aliphatic carbocycles. The number of urea groups is 1. The summed E-state index contributed by atoms with van der Waals surface area (Å²) in [5.41, 5.74) is 6.80. The lowest BCUT2D eigenvalue weighted by Crippen LogP contribution is -2.32. The van der Waals surface area contributed by atoms with Crippen LogP contribution >= 0.6 is 0 Å². The van der Waals surface area contributed by atoms with Crippen molar-refractivity contribution in [3.05, 3.63) is 0 Å². The molecule has 57 valence electrons. The van der Waals surface area contributed by atoms with Crippen molar-refractivity contribution in [1.82, 2.24) is 16.0 Å². The summed E-state index contributed by atoms with van der Waals surface area (Å²) in [6.45, 7) is 1.42. The summed E-state index contributed by atoms with van der Waals surface area (Å²) < 4.78 is 0. The third-order valence-electron chi connectivity index (χ3n) is 1.88. The van der Waals surface area contributed by atoms with E-state index >= 15 is 0 Å². The number of hydrogen-bond donors (Lipinski definition) is 1. The zero-order valence-corrected chi connectivity index (χ0v) is 6.05. The van der Waals surface area contributed by atoms with Crippen molar-refractivity contribution in [1.29, 1.82) is 0 Å². The first-order chi connectivity index (χ1) is 4.74. The molecule has 0 aromatic rings. The second kappa shape index (κ2) is 2.88. The van der Waals surface area contributed by atoms with E-state index in [1.54, 1.807) is 4.90 Å². The topological polar surface area (TPSA) is 56.1 Å². The van der Waals surface area contributed by atoms with Crippen LogP contribution in [0.4, 0.5) is 4.79 Å². The van der Waals surface area contributed by atoms with Crippen LogP contribution in [-0.2, 0) is 0 Å². The van der Waals surface area contributed by atoms with Crippen LogP contribution in [0.5, 0.6) is 0 Å². The number of nitrogens with one attached hydrogen (secondary N) is 2. The van der Waals surface area contributed by atoms with Crippen molar-refractivity contribution in [3.8, 4) is 0 Å². The Bertz CT molecular complexity index is 137. The first-order valence-electron chi connectivity index (χ1n) is 3.42. The van der Waals surface area contributed by atoms with Gasteiger partial charge in [-0.15, -0.1) is 0 Å². The molecule has 1 aliphatic heterocycles. The molecule has 1 heterocycles. The summed E-state index contributed by atoms with van der Waals surface area (Å²) in [6, 6.07) is -0.160. The summed E-state index contributed by atoms with van der Waals surface area (Å²) >= 11 is 0. The molecule has 1 saturated heterocycles. The molecular formula is C6H12N3O. The molecule has 0 spiro atoms. The Morgan fingerprint density at radius 2 is 2.50 bits per heavy atom. The lowest BCUT2D eigenvalue weighted by molar-refractivity contribution is 0.216. The fourth-order valence-electron chi connectivity index (χ4n) is 1.18. The molecule has 1 atom stereocenters. The van der Waals surface area contributed by atoms with Crippen molar-refractivity contribution in [2.45, 2.75) is 12.5 Å². The highest BCUT2D eigenvalue weighted by atomic mass is 16.2. The number of carbonyl (C=O) groups excluding carboxylic acids is 1. The smallest absolute Gasteiger partial charge is 0.322 e. The predicted octanol–water partition coefficient (Wildman–Crippen LogP) is -0.317. The van der Waals surface area contributed by atoms with Crippen LogP contribution in [0.25, 0.3) is 0 Å². The van der Waals surface area contributed by atoms with Crippen molar-refractivity contribution in [2.24, 2.45) is 0 Å². The molecule has 2 amide bonds. The monoisotopic (exact) mass is 142 g/mol. The molecule has 0 bridgehead atoms. The van der Waals surface area contributed by atoms with Gasteiger partial charge in [0.05, 0.1) is 0 Å². The number of likely N-dealkylation sites (N-methyl/N-ethyl adjacent to an activating group) is 1. The van der Waals surface area contributed by atoms with E-state index in [-0.39, 0.29) is 0 Å². The van der Waals surface area contributed by atoms with E-state index in [4.69, 9.17) is 5.73 Å². The lowest BCUT2D eigenvalue weighted by atomic mass is 10.3. The summed E-state index contributed by atoms with van der Waals surface area (Å²) in [6.07, 6.45) is 0.973. The summed E-state index contributed by atoms with van der Waals surface area (Å²) in [5.74, 6) is 0. The minimum atomic E-state index is -0.558. The maximum absolute atomic E-state index is 10.5. The standard InChI is InChI=1S/C6H12N3O/c1-8-5-2-3-9(4-5)6(7)10/h5,7-8H,2-4H2,1H3. The van der Waals surface area contributed by atoms with Gasteiger partial charge in [0.25, 0.3) is 0 Å². The van der Waals surface area contributed by atoms with Crippen LogP contribution in [0.1, 0.15) is 6.42 Å². The van der Waals surface area contributed by atoms with Crippen molar-refractivity contribution < 1.29 is 4.79 Å². The van der Waals surface area contributed by atoms with Crippen LogP contribution in [0, 0.1) is 0 Å². The number of hydrogen-bond acceptors (Lipinski definition) is 2. The second-order valence-corrected chi connectivity index (χ2v) is 2.53. The Hall–Kier alpha value is -0.770. The van der Waals surface area contributed by atoms with Gasteiger partial charge in [-0.05, 0) is 13.5 Å². The van der Waals surface area contributed by atoms with E-state index in [9.17, 15) is 4.79 Å². The molecular weight excluding hydrogens is 130 g/mol. The zero-order valence-electron chi connectivity index (χ0n) is 6.05. The van der Waals surface area contributed by atoms with Crippen LogP contribution in [0.15, 0.2) is 0 Å². The highest BCUT2D eigenvalue weighted by molar-refractivity contribution is 5.71. The Morgan fingerprint density at radius 3 is 2.80 bits per heavy atom. The van der Waals surface area contributed by atoms with E-state index in [0.717, 1.165) is 13.0 Å². The normalized spacial score (nSPS) is 25.3. The number of rotatable bonds is 1. The largest absolute Gasteiger partial charge is 0.336 e. The Balaban J connectivity index is 2.35. The Labute approximate surface area is 60.4 Å². The molecule has 1 fully saturated rings. The highest BCUT2D eigenvalue weighted by Crippen LogP contribution is 2.07. The predicted molar refractivity (Wildman–Crippen MR) is 37.5 cm³/mol. The molecule has 0 aromatic carbocycles. The van der Waals surface area contributed by atoms with Crippen LogP contribution < -0.4 is 11.1 Å². The van der Waals surface area contributed by atoms with Gasteiger partial charge in [-0.25, -0.2) is 10.5 Å². The molecule has 1 aliphatic rings. The minimum Gasteiger partial charge on any atom is -0.322 e. The molecule has 4 heteroatoms. The third-order valence-corrected chi connectivity index (χ3v) is 1.88. The van der Waals surface area contributed by atoms with Gasteiger partial charge in [0.15, 0.2) is 0 Å². The van der Waals surface area contributed by atoms with Gasteiger partial charge in [0, 0.05) is 19.1 Å². The molecule has 1 radical (unpaired) electrons. The molecule has 0 saturated carbocycles. The minimum absolute atomic E-state index is 0.397. The number of likely N-dealkylation sites (tertiary alicyclic amines) is 1. The van der Waals surface area contributed by atoms with Crippen LogP contribution in [0.2, 0.25) is 0 Å². The van der Waals surface area contributed by atoms with Crippen molar-refractivity contribution >= 4 is 6.03 Å². The van der Waals surface area contributed by atoms with Crippen LogP contribution in [-0.4, -0.2) is 37.1 Å². The fourth-order valence-corrected chi connectivity index (χ4v) is 1.18. The molecule has 1 unspecified atom stereocenters. The van der Waals surface area contributed by atoms with Gasteiger partial charge < -0.3 is 10.2 Å². The molecule has 4 nitrogen and oxygen atoms in total. The van der Waals surface area contributed by atoms with Gasteiger partial charge in [0.2, 0.25) is 0 Å².